The highest BCUT2D eigenvalue weighted by Gasteiger charge is 2.20. The lowest BCUT2D eigenvalue weighted by atomic mass is 9.99. The first kappa shape index (κ1) is 31.1. The first-order valence-corrected chi connectivity index (χ1v) is 18.6. The van der Waals surface area contributed by atoms with Crippen molar-refractivity contribution in [3.63, 3.8) is 0 Å². The molecule has 256 valence electrons. The van der Waals surface area contributed by atoms with E-state index in [-0.39, 0.29) is 0 Å². The third-order valence-corrected chi connectivity index (χ3v) is 10.8. The van der Waals surface area contributed by atoms with Gasteiger partial charge in [-0.15, -0.1) is 0 Å². The lowest BCUT2D eigenvalue weighted by Crippen LogP contribution is -2.02. The van der Waals surface area contributed by atoms with Crippen LogP contribution in [0.2, 0.25) is 0 Å². The van der Waals surface area contributed by atoms with Gasteiger partial charge in [0, 0.05) is 33.0 Å². The zero-order chi connectivity index (χ0) is 36.3. The maximum atomic E-state index is 5.17. The Bertz CT molecular complexity index is 3260. The lowest BCUT2D eigenvalue weighted by Gasteiger charge is -2.16. The van der Waals surface area contributed by atoms with Gasteiger partial charge < -0.3 is 4.57 Å². The summed E-state index contributed by atoms with van der Waals surface area (Å²) in [6.45, 7) is 0. The molecule has 4 heteroatoms. The smallest absolute Gasteiger partial charge is 0.164 e. The summed E-state index contributed by atoms with van der Waals surface area (Å²) in [5.74, 6) is 1.90. The predicted octanol–water partition coefficient (Wildman–Crippen LogP) is 13.1. The van der Waals surface area contributed by atoms with Crippen molar-refractivity contribution in [1.29, 1.82) is 0 Å². The topological polar surface area (TPSA) is 43.6 Å². The van der Waals surface area contributed by atoms with E-state index in [9.17, 15) is 0 Å². The molecule has 0 aliphatic carbocycles. The molecule has 2 aromatic heterocycles. The van der Waals surface area contributed by atoms with E-state index in [1.807, 2.05) is 18.2 Å². The highest BCUT2D eigenvalue weighted by atomic mass is 15.0. The van der Waals surface area contributed by atoms with E-state index in [4.69, 9.17) is 15.0 Å². The second-order valence-corrected chi connectivity index (χ2v) is 14.1. The molecule has 2 heterocycles. The summed E-state index contributed by atoms with van der Waals surface area (Å²) in [6.07, 6.45) is 0. The minimum Gasteiger partial charge on any atom is -0.309 e. The first-order valence-electron chi connectivity index (χ1n) is 18.6. The van der Waals surface area contributed by atoms with Gasteiger partial charge in [-0.25, -0.2) is 15.0 Å². The third-order valence-electron chi connectivity index (χ3n) is 10.8. The van der Waals surface area contributed by atoms with Crippen LogP contribution in [0.4, 0.5) is 0 Å². The second kappa shape index (κ2) is 12.6. The van der Waals surface area contributed by atoms with Crippen molar-refractivity contribution < 1.29 is 0 Å². The van der Waals surface area contributed by atoms with Crippen LogP contribution in [-0.4, -0.2) is 19.5 Å². The van der Waals surface area contributed by atoms with Crippen molar-refractivity contribution in [3.8, 4) is 51.0 Å². The summed E-state index contributed by atoms with van der Waals surface area (Å²) in [7, 11) is 0. The molecule has 0 saturated carbocycles. The number of nitrogens with zero attached hydrogens (tertiary/aromatic N) is 4. The molecule has 0 amide bonds. The summed E-state index contributed by atoms with van der Waals surface area (Å²) in [4.78, 5) is 15.3. The van der Waals surface area contributed by atoms with Gasteiger partial charge in [-0.1, -0.05) is 152 Å². The van der Waals surface area contributed by atoms with Crippen LogP contribution in [0.25, 0.3) is 105 Å². The molecular formula is C51H32N4. The van der Waals surface area contributed by atoms with E-state index in [0.29, 0.717) is 17.5 Å². The Balaban J connectivity index is 1.18. The minimum atomic E-state index is 0.625. The molecular weight excluding hydrogens is 669 g/mol. The van der Waals surface area contributed by atoms with E-state index in [1.54, 1.807) is 0 Å². The average molecular weight is 701 g/mol. The molecule has 0 N–H and O–H groups in total. The monoisotopic (exact) mass is 700 g/mol. The van der Waals surface area contributed by atoms with Crippen molar-refractivity contribution in [1.82, 2.24) is 19.5 Å². The SMILES string of the molecule is c1ccc(-c2nc(-c3ccc(-n4c5cc6ccccc6cc5c5c6ccccc6ccc54)c(-c4ccccc4)c3)nc(-c3ccc4ccccc4c3)n2)cc1. The second-order valence-electron chi connectivity index (χ2n) is 14.1. The highest BCUT2D eigenvalue weighted by Crippen LogP contribution is 2.42. The summed E-state index contributed by atoms with van der Waals surface area (Å²) < 4.78 is 2.44. The van der Waals surface area contributed by atoms with Gasteiger partial charge >= 0.3 is 0 Å². The normalized spacial score (nSPS) is 11.6. The van der Waals surface area contributed by atoms with E-state index in [0.717, 1.165) is 38.9 Å². The van der Waals surface area contributed by atoms with Gasteiger partial charge in [0.05, 0.1) is 16.7 Å². The van der Waals surface area contributed by atoms with Gasteiger partial charge in [-0.2, -0.15) is 0 Å². The number of benzene rings is 9. The molecule has 0 radical (unpaired) electrons. The fourth-order valence-electron chi connectivity index (χ4n) is 8.13. The summed E-state index contributed by atoms with van der Waals surface area (Å²) in [5, 5.41) is 9.73. The van der Waals surface area contributed by atoms with Gasteiger partial charge in [0.15, 0.2) is 17.5 Å². The van der Waals surface area contributed by atoms with Gasteiger partial charge in [-0.3, -0.25) is 0 Å². The maximum absolute atomic E-state index is 5.17. The molecule has 0 bridgehead atoms. The van der Waals surface area contributed by atoms with Crippen molar-refractivity contribution in [2.45, 2.75) is 0 Å². The minimum absolute atomic E-state index is 0.625. The first-order chi connectivity index (χ1) is 27.2. The van der Waals surface area contributed by atoms with Crippen molar-refractivity contribution in [2.24, 2.45) is 0 Å². The van der Waals surface area contributed by atoms with Crippen LogP contribution >= 0.6 is 0 Å². The lowest BCUT2D eigenvalue weighted by molar-refractivity contribution is 1.07. The molecule has 0 aliphatic heterocycles. The zero-order valence-electron chi connectivity index (χ0n) is 29.8. The van der Waals surface area contributed by atoms with E-state index >= 15 is 0 Å². The number of rotatable bonds is 5. The van der Waals surface area contributed by atoms with Gasteiger partial charge in [0.1, 0.15) is 0 Å². The Hall–Kier alpha value is -7.43. The van der Waals surface area contributed by atoms with Crippen LogP contribution in [0, 0.1) is 0 Å². The van der Waals surface area contributed by atoms with E-state index in [2.05, 4.69) is 180 Å². The quantitative estimate of drug-likeness (QED) is 0.179. The van der Waals surface area contributed by atoms with Gasteiger partial charge in [-0.05, 0) is 80.3 Å². The standard InChI is InChI=1S/C51H32N4/c1-3-14-34(15-4-1)43-31-41(51-53-49(36-17-5-2-6-18-36)52-50(54-51)40-24-23-33-13-7-8-19-37(33)29-40)26-27-45(43)55-46-28-25-35-16-11-12-22-42(35)48(46)44-30-38-20-9-10-21-39(38)32-47(44)55/h1-32H. The highest BCUT2D eigenvalue weighted by molar-refractivity contribution is 6.23. The van der Waals surface area contributed by atoms with E-state index < -0.39 is 0 Å². The largest absolute Gasteiger partial charge is 0.309 e. The maximum Gasteiger partial charge on any atom is 0.164 e. The van der Waals surface area contributed by atoms with E-state index in [1.165, 1.54) is 48.7 Å². The number of hydrogen-bond donors (Lipinski definition) is 0. The fraction of sp³-hybridized carbons (Fsp3) is 0. The molecule has 0 atom stereocenters. The van der Waals surface area contributed by atoms with Gasteiger partial charge in [0.2, 0.25) is 0 Å². The number of hydrogen-bond acceptors (Lipinski definition) is 3. The Kier molecular flexibility index (Phi) is 7.14. The Labute approximate surface area is 317 Å². The number of fused-ring (bicyclic) bond motifs is 7. The number of aromatic nitrogens is 4. The Morgan fingerprint density at radius 2 is 0.836 bits per heavy atom. The molecule has 55 heavy (non-hydrogen) atoms. The van der Waals surface area contributed by atoms with Crippen LogP contribution in [-0.2, 0) is 0 Å². The summed E-state index contributed by atoms with van der Waals surface area (Å²) >= 11 is 0. The Morgan fingerprint density at radius 1 is 0.309 bits per heavy atom. The average Bonchev–Trinajstić information content (AvgIpc) is 3.59. The summed E-state index contributed by atoms with van der Waals surface area (Å²) in [6, 6.07) is 68.8. The van der Waals surface area contributed by atoms with Crippen LogP contribution in [0.5, 0.6) is 0 Å². The third kappa shape index (κ3) is 5.26. The molecule has 0 saturated heterocycles. The van der Waals surface area contributed by atoms with Crippen LogP contribution in [0.1, 0.15) is 0 Å². The van der Waals surface area contributed by atoms with Crippen molar-refractivity contribution in [3.05, 3.63) is 194 Å². The molecule has 9 aromatic carbocycles. The van der Waals surface area contributed by atoms with Crippen molar-refractivity contribution >= 4 is 54.1 Å². The molecule has 11 aromatic rings. The predicted molar refractivity (Wildman–Crippen MR) is 228 cm³/mol. The van der Waals surface area contributed by atoms with Gasteiger partial charge in [0.25, 0.3) is 0 Å². The summed E-state index contributed by atoms with van der Waals surface area (Å²) in [5.41, 5.74) is 8.44. The van der Waals surface area contributed by atoms with Crippen LogP contribution in [0.3, 0.4) is 0 Å². The molecule has 11 rings (SSSR count). The van der Waals surface area contributed by atoms with Crippen LogP contribution in [0.15, 0.2) is 194 Å². The fourth-order valence-corrected chi connectivity index (χ4v) is 8.13. The Morgan fingerprint density at radius 3 is 1.56 bits per heavy atom. The van der Waals surface area contributed by atoms with Crippen LogP contribution < -0.4 is 0 Å². The van der Waals surface area contributed by atoms with Crippen molar-refractivity contribution in [2.75, 3.05) is 0 Å². The zero-order valence-corrected chi connectivity index (χ0v) is 29.8. The molecule has 0 fully saturated rings. The molecule has 0 aliphatic rings. The molecule has 4 nitrogen and oxygen atoms in total. The molecule has 0 spiro atoms. The molecule has 0 unspecified atom stereocenters.